The molecule has 1 aromatic carbocycles. The number of amides is 2. The molecular formula is C14H11Cl4NO4. The van der Waals surface area contributed by atoms with Crippen molar-refractivity contribution < 1.29 is 19.5 Å². The number of fused-ring (bicyclic) bond motifs is 1. The average Bonchev–Trinajstić information content (AvgIpc) is 2.71. The smallest absolute Gasteiger partial charge is 0.326 e. The first kappa shape index (κ1) is 18.3. The molecule has 0 aromatic heterocycles. The molecule has 0 radical (unpaired) electrons. The summed E-state index contributed by atoms with van der Waals surface area (Å²) in [7, 11) is 0. The predicted octanol–water partition coefficient (Wildman–Crippen LogP) is 4.40. The Hall–Kier alpha value is -1.01. The summed E-state index contributed by atoms with van der Waals surface area (Å²) in [5, 5.41) is 8.63. The van der Waals surface area contributed by atoms with Crippen LogP contribution in [-0.4, -0.2) is 33.8 Å². The van der Waals surface area contributed by atoms with E-state index in [-0.39, 0.29) is 43.6 Å². The number of carbonyl (C=O) groups excluding carboxylic acids is 2. The zero-order chi connectivity index (χ0) is 17.6. The molecule has 0 aliphatic carbocycles. The summed E-state index contributed by atoms with van der Waals surface area (Å²) >= 11 is 23.8. The summed E-state index contributed by atoms with van der Waals surface area (Å²) in [5.41, 5.74) is -0.433. The molecule has 1 aromatic rings. The number of carbonyl (C=O) groups is 3. The van der Waals surface area contributed by atoms with Crippen LogP contribution >= 0.6 is 46.4 Å². The van der Waals surface area contributed by atoms with Gasteiger partial charge in [0.2, 0.25) is 0 Å². The summed E-state index contributed by atoms with van der Waals surface area (Å²) < 4.78 is 0. The molecule has 2 amide bonds. The van der Waals surface area contributed by atoms with E-state index < -0.39 is 23.8 Å². The summed E-state index contributed by atoms with van der Waals surface area (Å²) in [6, 6.07) is -1.33. The highest BCUT2D eigenvalue weighted by Crippen LogP contribution is 2.45. The van der Waals surface area contributed by atoms with E-state index in [0.717, 1.165) is 0 Å². The molecule has 0 unspecified atom stereocenters. The van der Waals surface area contributed by atoms with E-state index in [1.807, 2.05) is 0 Å². The maximum absolute atomic E-state index is 12.6. The normalized spacial score (nSPS) is 15.3. The van der Waals surface area contributed by atoms with Crippen LogP contribution in [0.25, 0.3) is 0 Å². The monoisotopic (exact) mass is 397 g/mol. The molecule has 9 heteroatoms. The minimum atomic E-state index is -1.33. The Labute approximate surface area is 152 Å². The number of aliphatic carboxylic acids is 1. The number of carboxylic acid groups (broad SMARTS) is 1. The van der Waals surface area contributed by atoms with Gasteiger partial charge in [0.1, 0.15) is 6.04 Å². The van der Waals surface area contributed by atoms with Gasteiger partial charge in [0.15, 0.2) is 0 Å². The second-order valence-electron chi connectivity index (χ2n) is 5.47. The Morgan fingerprint density at radius 1 is 0.957 bits per heavy atom. The quantitative estimate of drug-likeness (QED) is 0.463. The topological polar surface area (TPSA) is 74.7 Å². The van der Waals surface area contributed by atoms with Crippen LogP contribution in [-0.2, 0) is 4.79 Å². The van der Waals surface area contributed by atoms with Gasteiger partial charge in [-0.15, -0.1) is 0 Å². The molecule has 1 heterocycles. The van der Waals surface area contributed by atoms with Gasteiger partial charge >= 0.3 is 5.97 Å². The van der Waals surface area contributed by atoms with Gasteiger partial charge in [-0.25, -0.2) is 4.79 Å². The lowest BCUT2D eigenvalue weighted by Crippen LogP contribution is -2.45. The van der Waals surface area contributed by atoms with Crippen molar-refractivity contribution in [3.8, 4) is 0 Å². The summed E-state index contributed by atoms with van der Waals surface area (Å²) in [4.78, 5) is 37.3. The van der Waals surface area contributed by atoms with Crippen LogP contribution in [0.2, 0.25) is 20.1 Å². The number of rotatable bonds is 4. The van der Waals surface area contributed by atoms with Gasteiger partial charge in [0.05, 0.1) is 31.2 Å². The molecule has 0 bridgehead atoms. The number of carboxylic acids is 1. The van der Waals surface area contributed by atoms with Gasteiger partial charge < -0.3 is 5.11 Å². The molecule has 1 atom stereocenters. The molecule has 1 N–H and O–H groups in total. The molecule has 0 saturated heterocycles. The lowest BCUT2D eigenvalue weighted by Gasteiger charge is -2.23. The van der Waals surface area contributed by atoms with Crippen LogP contribution in [0.15, 0.2) is 0 Å². The highest BCUT2D eigenvalue weighted by Gasteiger charge is 2.46. The molecule has 124 valence electrons. The molecular weight excluding hydrogens is 388 g/mol. The van der Waals surface area contributed by atoms with Crippen molar-refractivity contribution in [1.29, 1.82) is 0 Å². The first-order valence-corrected chi connectivity index (χ1v) is 8.07. The Kier molecular flexibility index (Phi) is 5.16. The van der Waals surface area contributed by atoms with Crippen LogP contribution in [0.1, 0.15) is 41.0 Å². The number of halogens is 4. The number of imide groups is 1. The summed E-state index contributed by atoms with van der Waals surface area (Å²) in [5.74, 6) is -3.04. The van der Waals surface area contributed by atoms with Crippen molar-refractivity contribution >= 4 is 64.2 Å². The molecule has 0 saturated carbocycles. The SMILES string of the molecule is CC(C)C[C@@H](C(=O)O)N1C(=O)c2c(Cl)c(Cl)c(Cl)c(Cl)c2C1=O. The van der Waals surface area contributed by atoms with Gasteiger partial charge in [0.25, 0.3) is 11.8 Å². The fourth-order valence-corrected chi connectivity index (χ4v) is 3.43. The van der Waals surface area contributed by atoms with Crippen molar-refractivity contribution in [3.63, 3.8) is 0 Å². The molecule has 1 aliphatic rings. The fourth-order valence-electron chi connectivity index (χ4n) is 2.41. The van der Waals surface area contributed by atoms with Crippen LogP contribution in [0.5, 0.6) is 0 Å². The minimum absolute atomic E-state index is 0.0569. The van der Waals surface area contributed by atoms with Gasteiger partial charge in [-0.05, 0) is 12.3 Å². The van der Waals surface area contributed by atoms with Crippen molar-refractivity contribution in [2.45, 2.75) is 26.3 Å². The number of hydrogen-bond donors (Lipinski definition) is 1. The standard InChI is InChI=1S/C14H11Cl4NO4/c1-4(2)3-5(14(22)23)19-12(20)6-7(13(19)21)9(16)11(18)10(17)8(6)15/h4-5H,3H2,1-2H3,(H,22,23)/t5-/m0/s1. The van der Waals surface area contributed by atoms with E-state index in [1.54, 1.807) is 13.8 Å². The number of benzene rings is 1. The highest BCUT2D eigenvalue weighted by atomic mass is 35.5. The third-order valence-corrected chi connectivity index (χ3v) is 5.23. The van der Waals surface area contributed by atoms with E-state index in [4.69, 9.17) is 46.4 Å². The minimum Gasteiger partial charge on any atom is -0.480 e. The van der Waals surface area contributed by atoms with Crippen molar-refractivity contribution in [2.75, 3.05) is 0 Å². The number of nitrogens with zero attached hydrogens (tertiary/aromatic N) is 1. The molecule has 23 heavy (non-hydrogen) atoms. The lowest BCUT2D eigenvalue weighted by molar-refractivity contribution is -0.142. The molecule has 2 rings (SSSR count). The Balaban J connectivity index is 2.64. The van der Waals surface area contributed by atoms with Crippen LogP contribution in [0.4, 0.5) is 0 Å². The van der Waals surface area contributed by atoms with E-state index in [1.165, 1.54) is 0 Å². The second kappa shape index (κ2) is 6.48. The molecule has 0 spiro atoms. The third-order valence-electron chi connectivity index (χ3n) is 3.42. The maximum Gasteiger partial charge on any atom is 0.326 e. The van der Waals surface area contributed by atoms with E-state index in [0.29, 0.717) is 4.90 Å². The zero-order valence-corrected chi connectivity index (χ0v) is 15.0. The maximum atomic E-state index is 12.6. The third kappa shape index (κ3) is 2.91. The largest absolute Gasteiger partial charge is 0.480 e. The van der Waals surface area contributed by atoms with Crippen LogP contribution < -0.4 is 0 Å². The van der Waals surface area contributed by atoms with E-state index in [2.05, 4.69) is 0 Å². The summed E-state index contributed by atoms with van der Waals surface area (Å²) in [6.07, 6.45) is 0.0947. The molecule has 1 aliphatic heterocycles. The summed E-state index contributed by atoms with van der Waals surface area (Å²) in [6.45, 7) is 3.56. The van der Waals surface area contributed by atoms with Gasteiger partial charge in [-0.2, -0.15) is 0 Å². The fraction of sp³-hybridized carbons (Fsp3) is 0.357. The van der Waals surface area contributed by atoms with Crippen LogP contribution in [0.3, 0.4) is 0 Å². The second-order valence-corrected chi connectivity index (χ2v) is 6.98. The Bertz CT molecular complexity index is 685. The molecule has 0 fully saturated rings. The zero-order valence-electron chi connectivity index (χ0n) is 12.0. The first-order valence-electron chi connectivity index (χ1n) is 6.56. The number of hydrogen-bond acceptors (Lipinski definition) is 3. The predicted molar refractivity (Wildman–Crippen MR) is 87.9 cm³/mol. The van der Waals surface area contributed by atoms with Gasteiger partial charge in [0, 0.05) is 0 Å². The van der Waals surface area contributed by atoms with E-state index in [9.17, 15) is 19.5 Å². The first-order chi connectivity index (χ1) is 10.6. The van der Waals surface area contributed by atoms with Crippen molar-refractivity contribution in [3.05, 3.63) is 31.2 Å². The van der Waals surface area contributed by atoms with E-state index >= 15 is 0 Å². The van der Waals surface area contributed by atoms with Gasteiger partial charge in [-0.3, -0.25) is 14.5 Å². The molecule has 5 nitrogen and oxygen atoms in total. The van der Waals surface area contributed by atoms with Crippen molar-refractivity contribution in [2.24, 2.45) is 5.92 Å². The Morgan fingerprint density at radius 3 is 1.65 bits per heavy atom. The average molecular weight is 399 g/mol. The lowest BCUT2D eigenvalue weighted by atomic mass is 10.0. The Morgan fingerprint density at radius 2 is 1.35 bits per heavy atom. The van der Waals surface area contributed by atoms with Gasteiger partial charge in [-0.1, -0.05) is 60.3 Å². The highest BCUT2D eigenvalue weighted by molar-refractivity contribution is 6.55. The van der Waals surface area contributed by atoms with Crippen molar-refractivity contribution in [1.82, 2.24) is 4.90 Å². The van der Waals surface area contributed by atoms with Crippen LogP contribution in [0, 0.1) is 5.92 Å².